The van der Waals surface area contributed by atoms with Crippen LogP contribution < -0.4 is 5.32 Å². The average Bonchev–Trinajstić information content (AvgIpc) is 3.18. The van der Waals surface area contributed by atoms with Crippen molar-refractivity contribution < 1.29 is 0 Å². The van der Waals surface area contributed by atoms with E-state index in [9.17, 15) is 0 Å². The van der Waals surface area contributed by atoms with Gasteiger partial charge in [0.15, 0.2) is 5.65 Å². The van der Waals surface area contributed by atoms with Crippen molar-refractivity contribution in [2.45, 2.75) is 0 Å². The molecule has 1 aliphatic heterocycles. The van der Waals surface area contributed by atoms with Gasteiger partial charge in [0.05, 0.1) is 18.2 Å². The maximum atomic E-state index is 4.00. The molecule has 1 aliphatic rings. The van der Waals surface area contributed by atoms with Crippen molar-refractivity contribution in [3.8, 4) is 0 Å². The van der Waals surface area contributed by atoms with E-state index in [0.29, 0.717) is 0 Å². The van der Waals surface area contributed by atoms with E-state index in [0.717, 1.165) is 11.2 Å². The molecule has 3 N–H and O–H groups in total. The SMILES string of the molecule is C1=CC=CNC=C1.c1c[nH]cn1.c1cnc2nc[nH]c2c1. The lowest BCUT2D eigenvalue weighted by molar-refractivity contribution is 1.20. The first-order chi connectivity index (χ1) is 10.5. The first kappa shape index (κ1) is 14.3. The van der Waals surface area contributed by atoms with Crippen LogP contribution in [-0.2, 0) is 0 Å². The van der Waals surface area contributed by atoms with E-state index in [1.54, 1.807) is 31.2 Å². The van der Waals surface area contributed by atoms with Crippen LogP contribution in [0.15, 0.2) is 80.1 Å². The minimum absolute atomic E-state index is 0.775. The summed E-state index contributed by atoms with van der Waals surface area (Å²) >= 11 is 0. The van der Waals surface area contributed by atoms with Crippen LogP contribution in [0.25, 0.3) is 11.2 Å². The second-order valence-electron chi connectivity index (χ2n) is 3.81. The zero-order valence-corrected chi connectivity index (χ0v) is 11.3. The highest BCUT2D eigenvalue weighted by molar-refractivity contribution is 5.68. The van der Waals surface area contributed by atoms with Gasteiger partial charge in [-0.15, -0.1) is 0 Å². The second kappa shape index (κ2) is 8.87. The fraction of sp³-hybridized carbons (Fsp3) is 0. The molecule has 0 amide bonds. The van der Waals surface area contributed by atoms with E-state index in [-0.39, 0.29) is 0 Å². The topological polar surface area (TPSA) is 82.3 Å². The molecule has 4 rings (SSSR count). The van der Waals surface area contributed by atoms with Gasteiger partial charge in [-0.25, -0.2) is 15.0 Å². The molecule has 0 spiro atoms. The van der Waals surface area contributed by atoms with Gasteiger partial charge in [-0.1, -0.05) is 12.2 Å². The summed E-state index contributed by atoms with van der Waals surface area (Å²) in [5, 5.41) is 2.92. The molecule has 0 saturated heterocycles. The van der Waals surface area contributed by atoms with Crippen LogP contribution in [0.4, 0.5) is 0 Å². The Morgan fingerprint density at radius 3 is 2.33 bits per heavy atom. The molecule has 6 nitrogen and oxygen atoms in total. The molecule has 0 fully saturated rings. The Kier molecular flexibility index (Phi) is 6.02. The predicted molar refractivity (Wildman–Crippen MR) is 83.0 cm³/mol. The van der Waals surface area contributed by atoms with Crippen LogP contribution in [0.3, 0.4) is 0 Å². The molecule has 21 heavy (non-hydrogen) atoms. The fourth-order valence-electron chi connectivity index (χ4n) is 1.40. The highest BCUT2D eigenvalue weighted by Crippen LogP contribution is 2.01. The molecule has 6 heteroatoms. The number of nitrogens with one attached hydrogen (secondary N) is 3. The Labute approximate surface area is 122 Å². The summed E-state index contributed by atoms with van der Waals surface area (Å²) in [7, 11) is 0. The molecule has 0 bridgehead atoms. The highest BCUT2D eigenvalue weighted by Gasteiger charge is 1.90. The number of pyridine rings is 1. The van der Waals surface area contributed by atoms with Crippen LogP contribution in [-0.4, -0.2) is 24.9 Å². The van der Waals surface area contributed by atoms with Gasteiger partial charge in [0.25, 0.3) is 0 Å². The van der Waals surface area contributed by atoms with Gasteiger partial charge >= 0.3 is 0 Å². The van der Waals surface area contributed by atoms with Crippen molar-refractivity contribution >= 4 is 11.2 Å². The third-order valence-electron chi connectivity index (χ3n) is 2.32. The number of aromatic nitrogens is 5. The number of imidazole rings is 2. The first-order valence-electron chi connectivity index (χ1n) is 6.38. The summed E-state index contributed by atoms with van der Waals surface area (Å²) in [5.41, 5.74) is 1.76. The number of rotatable bonds is 0. The molecular formula is C15H16N6. The summed E-state index contributed by atoms with van der Waals surface area (Å²) in [6, 6.07) is 3.82. The molecule has 0 saturated carbocycles. The highest BCUT2D eigenvalue weighted by atomic mass is 14.9. The third kappa shape index (κ3) is 5.56. The minimum atomic E-state index is 0.775. The third-order valence-corrected chi connectivity index (χ3v) is 2.32. The Morgan fingerprint density at radius 1 is 0.857 bits per heavy atom. The lowest BCUT2D eigenvalue weighted by Gasteiger charge is -1.80. The predicted octanol–water partition coefficient (Wildman–Crippen LogP) is 2.54. The van der Waals surface area contributed by atoms with Crippen molar-refractivity contribution in [1.29, 1.82) is 0 Å². The lowest BCUT2D eigenvalue weighted by Crippen LogP contribution is -1.87. The summed E-state index contributed by atoms with van der Waals surface area (Å²) in [4.78, 5) is 17.3. The molecule has 3 aromatic heterocycles. The van der Waals surface area contributed by atoms with E-state index in [1.165, 1.54) is 0 Å². The lowest BCUT2D eigenvalue weighted by atomic mass is 10.4. The van der Waals surface area contributed by atoms with E-state index in [4.69, 9.17) is 0 Å². The van der Waals surface area contributed by atoms with Crippen molar-refractivity contribution in [3.05, 3.63) is 80.1 Å². The number of allylic oxidation sites excluding steroid dienone is 4. The van der Waals surface area contributed by atoms with Crippen molar-refractivity contribution in [2.75, 3.05) is 0 Å². The first-order valence-corrected chi connectivity index (χ1v) is 6.38. The minimum Gasteiger partial charge on any atom is -0.368 e. The standard InChI is InChI=1S/C6H5N3.C6H7N.C3H4N2/c1-2-5-6(7-3-1)9-4-8-5;1-2-4-6-7-5-3-1;1-2-5-3-4-1/h1-4H,(H,7,8,9);1-7H;1-3H,(H,4,5). The molecule has 106 valence electrons. The Morgan fingerprint density at radius 2 is 1.71 bits per heavy atom. The number of H-pyrrole nitrogens is 2. The van der Waals surface area contributed by atoms with Gasteiger partial charge < -0.3 is 15.3 Å². The molecule has 0 atom stereocenters. The van der Waals surface area contributed by atoms with Gasteiger partial charge in [-0.05, 0) is 24.3 Å². The van der Waals surface area contributed by atoms with E-state index >= 15 is 0 Å². The van der Waals surface area contributed by atoms with E-state index in [2.05, 4.69) is 30.2 Å². The Balaban J connectivity index is 0.000000121. The molecule has 0 radical (unpaired) electrons. The monoisotopic (exact) mass is 280 g/mol. The van der Waals surface area contributed by atoms with Crippen molar-refractivity contribution in [2.24, 2.45) is 0 Å². The number of hydrogen-bond donors (Lipinski definition) is 3. The molecule has 0 aliphatic carbocycles. The van der Waals surface area contributed by atoms with Gasteiger partial charge in [0, 0.05) is 31.0 Å². The largest absolute Gasteiger partial charge is 0.368 e. The smallest absolute Gasteiger partial charge is 0.177 e. The summed E-state index contributed by atoms with van der Waals surface area (Å²) < 4.78 is 0. The number of hydrogen-bond acceptors (Lipinski definition) is 4. The van der Waals surface area contributed by atoms with Crippen molar-refractivity contribution in [3.63, 3.8) is 0 Å². The second-order valence-corrected chi connectivity index (χ2v) is 3.81. The van der Waals surface area contributed by atoms with Crippen LogP contribution in [0, 0.1) is 0 Å². The summed E-state index contributed by atoms with van der Waals surface area (Å²) in [6.07, 6.45) is 20.0. The van der Waals surface area contributed by atoms with Crippen LogP contribution in [0.5, 0.6) is 0 Å². The van der Waals surface area contributed by atoms with E-state index in [1.807, 2.05) is 48.8 Å². The van der Waals surface area contributed by atoms with Gasteiger partial charge in [0.1, 0.15) is 0 Å². The quantitative estimate of drug-likeness (QED) is 0.591. The number of aromatic amines is 2. The zero-order chi connectivity index (χ0) is 14.6. The number of nitrogens with zero attached hydrogens (tertiary/aromatic N) is 3. The molecule has 0 unspecified atom stereocenters. The zero-order valence-electron chi connectivity index (χ0n) is 11.3. The molecule has 0 aromatic carbocycles. The van der Waals surface area contributed by atoms with E-state index < -0.39 is 0 Å². The average molecular weight is 280 g/mol. The normalized spacial score (nSPS) is 11.6. The van der Waals surface area contributed by atoms with Crippen LogP contribution >= 0.6 is 0 Å². The fourth-order valence-corrected chi connectivity index (χ4v) is 1.40. The maximum Gasteiger partial charge on any atom is 0.177 e. The van der Waals surface area contributed by atoms with Crippen LogP contribution in [0.2, 0.25) is 0 Å². The van der Waals surface area contributed by atoms with Gasteiger partial charge in [0.2, 0.25) is 0 Å². The molecular weight excluding hydrogens is 264 g/mol. The Hall–Kier alpha value is -3.15. The maximum absolute atomic E-state index is 4.00. The van der Waals surface area contributed by atoms with Crippen LogP contribution in [0.1, 0.15) is 0 Å². The molecule has 3 aromatic rings. The Bertz CT molecular complexity index is 632. The van der Waals surface area contributed by atoms with Gasteiger partial charge in [-0.2, -0.15) is 0 Å². The summed E-state index contributed by atoms with van der Waals surface area (Å²) in [6.45, 7) is 0. The number of fused-ring (bicyclic) bond motifs is 1. The van der Waals surface area contributed by atoms with Gasteiger partial charge in [-0.3, -0.25) is 0 Å². The van der Waals surface area contributed by atoms with Crippen molar-refractivity contribution in [1.82, 2.24) is 30.2 Å². The summed E-state index contributed by atoms with van der Waals surface area (Å²) in [5.74, 6) is 0. The molecule has 4 heterocycles.